The first-order valence-electron chi connectivity index (χ1n) is 6.67. The van der Waals surface area contributed by atoms with Crippen molar-refractivity contribution in [2.24, 2.45) is 5.73 Å². The number of aryl methyl sites for hydroxylation is 1. The van der Waals surface area contributed by atoms with Crippen LogP contribution in [0.4, 0.5) is 0 Å². The molecule has 5 heteroatoms. The van der Waals surface area contributed by atoms with Crippen molar-refractivity contribution in [3.63, 3.8) is 0 Å². The topological polar surface area (TPSA) is 61.5 Å². The molecule has 1 unspecified atom stereocenters. The SMILES string of the molecule is CCOC(=O)CCC(N)c1c(C)c(Br)cc(C)c1OC. The molecule has 1 rings (SSSR count). The van der Waals surface area contributed by atoms with Crippen LogP contribution in [0, 0.1) is 13.8 Å². The monoisotopic (exact) mass is 343 g/mol. The minimum absolute atomic E-state index is 0.216. The van der Waals surface area contributed by atoms with Gasteiger partial charge >= 0.3 is 5.97 Å². The van der Waals surface area contributed by atoms with E-state index in [1.54, 1.807) is 14.0 Å². The maximum atomic E-state index is 11.4. The number of carbonyl (C=O) groups excluding carboxylic acids is 1. The quantitative estimate of drug-likeness (QED) is 0.804. The van der Waals surface area contributed by atoms with E-state index < -0.39 is 0 Å². The predicted molar refractivity (Wildman–Crippen MR) is 83.0 cm³/mol. The first-order valence-corrected chi connectivity index (χ1v) is 7.46. The molecule has 0 aliphatic heterocycles. The van der Waals surface area contributed by atoms with Crippen LogP contribution in [0.5, 0.6) is 5.75 Å². The summed E-state index contributed by atoms with van der Waals surface area (Å²) in [5.41, 5.74) is 9.26. The summed E-state index contributed by atoms with van der Waals surface area (Å²) in [5.74, 6) is 0.577. The number of rotatable bonds is 6. The van der Waals surface area contributed by atoms with Crippen LogP contribution in [0.15, 0.2) is 10.5 Å². The third-order valence-electron chi connectivity index (χ3n) is 3.25. The number of carbonyl (C=O) groups is 1. The molecule has 0 heterocycles. The number of methoxy groups -OCH3 is 1. The van der Waals surface area contributed by atoms with E-state index in [0.717, 1.165) is 26.9 Å². The second-order valence-electron chi connectivity index (χ2n) is 4.70. The maximum Gasteiger partial charge on any atom is 0.305 e. The van der Waals surface area contributed by atoms with Crippen molar-refractivity contribution in [2.45, 2.75) is 39.7 Å². The van der Waals surface area contributed by atoms with E-state index in [9.17, 15) is 4.79 Å². The van der Waals surface area contributed by atoms with Crippen molar-refractivity contribution in [3.05, 3.63) is 27.2 Å². The fraction of sp³-hybridized carbons (Fsp3) is 0.533. The van der Waals surface area contributed by atoms with Crippen LogP contribution in [0.3, 0.4) is 0 Å². The minimum atomic E-state index is -0.259. The molecule has 0 saturated heterocycles. The third-order valence-corrected chi connectivity index (χ3v) is 4.07. The van der Waals surface area contributed by atoms with E-state index in [1.165, 1.54) is 0 Å². The van der Waals surface area contributed by atoms with Crippen LogP contribution in [0.25, 0.3) is 0 Å². The molecule has 0 saturated carbocycles. The highest BCUT2D eigenvalue weighted by Crippen LogP contribution is 2.36. The Morgan fingerprint density at radius 2 is 2.10 bits per heavy atom. The van der Waals surface area contributed by atoms with E-state index in [4.69, 9.17) is 15.2 Å². The van der Waals surface area contributed by atoms with Crippen LogP contribution in [-0.2, 0) is 9.53 Å². The Bertz CT molecular complexity index is 488. The van der Waals surface area contributed by atoms with Gasteiger partial charge in [-0.3, -0.25) is 4.79 Å². The van der Waals surface area contributed by atoms with E-state index in [-0.39, 0.29) is 12.0 Å². The lowest BCUT2D eigenvalue weighted by Crippen LogP contribution is -2.16. The van der Waals surface area contributed by atoms with Crippen LogP contribution in [-0.4, -0.2) is 19.7 Å². The molecule has 0 spiro atoms. The van der Waals surface area contributed by atoms with Gasteiger partial charge in [0.2, 0.25) is 0 Å². The Morgan fingerprint density at radius 3 is 2.65 bits per heavy atom. The fourth-order valence-electron chi connectivity index (χ4n) is 2.24. The normalized spacial score (nSPS) is 12.1. The number of hydrogen-bond acceptors (Lipinski definition) is 4. The molecule has 2 N–H and O–H groups in total. The number of esters is 1. The van der Waals surface area contributed by atoms with Gasteiger partial charge in [0.1, 0.15) is 5.75 Å². The molecule has 0 fully saturated rings. The lowest BCUT2D eigenvalue weighted by Gasteiger charge is -2.21. The van der Waals surface area contributed by atoms with E-state index in [1.807, 2.05) is 19.9 Å². The highest BCUT2D eigenvalue weighted by molar-refractivity contribution is 9.10. The van der Waals surface area contributed by atoms with Crippen LogP contribution >= 0.6 is 15.9 Å². The summed E-state index contributed by atoms with van der Waals surface area (Å²) in [6, 6.07) is 1.75. The van der Waals surface area contributed by atoms with E-state index in [0.29, 0.717) is 19.4 Å². The molecule has 0 amide bonds. The first kappa shape index (κ1) is 17.0. The molecule has 0 aliphatic rings. The van der Waals surface area contributed by atoms with Gasteiger partial charge in [0.15, 0.2) is 0 Å². The van der Waals surface area contributed by atoms with Gasteiger partial charge in [-0.05, 0) is 44.4 Å². The summed E-state index contributed by atoms with van der Waals surface area (Å²) in [5, 5.41) is 0. The number of hydrogen-bond donors (Lipinski definition) is 1. The molecule has 1 aromatic rings. The van der Waals surface area contributed by atoms with Gasteiger partial charge in [0.25, 0.3) is 0 Å². The zero-order chi connectivity index (χ0) is 15.3. The highest BCUT2D eigenvalue weighted by Gasteiger charge is 2.20. The summed E-state index contributed by atoms with van der Waals surface area (Å²) in [6.45, 7) is 6.16. The summed E-state index contributed by atoms with van der Waals surface area (Å²) in [4.78, 5) is 11.4. The number of ether oxygens (including phenoxy) is 2. The highest BCUT2D eigenvalue weighted by atomic mass is 79.9. The zero-order valence-corrected chi connectivity index (χ0v) is 14.0. The van der Waals surface area contributed by atoms with E-state index in [2.05, 4.69) is 15.9 Å². The summed E-state index contributed by atoms with van der Waals surface area (Å²) in [6.07, 6.45) is 0.842. The second kappa shape index (κ2) is 7.64. The van der Waals surface area contributed by atoms with Crippen LogP contribution in [0.1, 0.15) is 42.5 Å². The Labute approximate surface area is 128 Å². The fourth-order valence-corrected chi connectivity index (χ4v) is 2.80. The average molecular weight is 344 g/mol. The molecule has 1 aromatic carbocycles. The Hall–Kier alpha value is -1.07. The third kappa shape index (κ3) is 3.96. The number of benzene rings is 1. The van der Waals surface area contributed by atoms with Crippen LogP contribution < -0.4 is 10.5 Å². The Balaban J connectivity index is 2.97. The molecule has 112 valence electrons. The van der Waals surface area contributed by atoms with E-state index >= 15 is 0 Å². The molecule has 4 nitrogen and oxygen atoms in total. The maximum absolute atomic E-state index is 11.4. The lowest BCUT2D eigenvalue weighted by molar-refractivity contribution is -0.143. The van der Waals surface area contributed by atoms with Gasteiger partial charge in [-0.25, -0.2) is 0 Å². The van der Waals surface area contributed by atoms with Crippen molar-refractivity contribution in [1.29, 1.82) is 0 Å². The number of nitrogens with two attached hydrogens (primary N) is 1. The van der Waals surface area contributed by atoms with Gasteiger partial charge < -0.3 is 15.2 Å². The molecule has 1 atom stereocenters. The van der Waals surface area contributed by atoms with Crippen molar-refractivity contribution in [3.8, 4) is 5.75 Å². The standard InChI is InChI=1S/C15H22BrNO3/c1-5-20-13(18)7-6-12(17)14-10(3)11(16)8-9(2)15(14)19-4/h8,12H,5-7,17H2,1-4H3. The van der Waals surface area contributed by atoms with Crippen molar-refractivity contribution >= 4 is 21.9 Å². The first-order chi connectivity index (χ1) is 9.42. The molecule has 0 radical (unpaired) electrons. The van der Waals surface area contributed by atoms with Gasteiger partial charge in [0.05, 0.1) is 13.7 Å². The van der Waals surface area contributed by atoms with Crippen LogP contribution in [0.2, 0.25) is 0 Å². The van der Waals surface area contributed by atoms with Gasteiger partial charge in [-0.1, -0.05) is 15.9 Å². The minimum Gasteiger partial charge on any atom is -0.496 e. The zero-order valence-electron chi connectivity index (χ0n) is 12.5. The molecule has 20 heavy (non-hydrogen) atoms. The Morgan fingerprint density at radius 1 is 1.45 bits per heavy atom. The van der Waals surface area contributed by atoms with Gasteiger partial charge in [0, 0.05) is 22.5 Å². The molecular weight excluding hydrogens is 322 g/mol. The number of halogens is 1. The molecular formula is C15H22BrNO3. The second-order valence-corrected chi connectivity index (χ2v) is 5.55. The molecule has 0 aliphatic carbocycles. The van der Waals surface area contributed by atoms with Crippen molar-refractivity contribution in [2.75, 3.05) is 13.7 Å². The molecule has 0 aromatic heterocycles. The predicted octanol–water partition coefficient (Wildman–Crippen LogP) is 3.42. The van der Waals surface area contributed by atoms with Crippen molar-refractivity contribution in [1.82, 2.24) is 0 Å². The summed E-state index contributed by atoms with van der Waals surface area (Å²) >= 11 is 3.53. The Kier molecular flexibility index (Phi) is 6.49. The smallest absolute Gasteiger partial charge is 0.305 e. The summed E-state index contributed by atoms with van der Waals surface area (Å²) < 4.78 is 11.4. The lowest BCUT2D eigenvalue weighted by atomic mass is 9.95. The van der Waals surface area contributed by atoms with Gasteiger partial charge in [-0.2, -0.15) is 0 Å². The van der Waals surface area contributed by atoms with Crippen molar-refractivity contribution < 1.29 is 14.3 Å². The average Bonchev–Trinajstić information content (AvgIpc) is 2.40. The van der Waals surface area contributed by atoms with Gasteiger partial charge in [-0.15, -0.1) is 0 Å². The largest absolute Gasteiger partial charge is 0.496 e. The molecule has 0 bridgehead atoms. The summed E-state index contributed by atoms with van der Waals surface area (Å²) in [7, 11) is 1.64.